The number of benzene rings is 2. The molecule has 0 aliphatic carbocycles. The smallest absolute Gasteiger partial charge is 0.255 e. The quantitative estimate of drug-likeness (QED) is 0.567. The second-order valence-corrected chi connectivity index (χ2v) is 9.37. The minimum absolute atomic E-state index is 0.146. The highest BCUT2D eigenvalue weighted by molar-refractivity contribution is 7.99. The maximum Gasteiger partial charge on any atom is 0.255 e. The van der Waals surface area contributed by atoms with Crippen LogP contribution in [-0.4, -0.2) is 47.7 Å². The Morgan fingerprint density at radius 2 is 1.79 bits per heavy atom. The molecule has 1 fully saturated rings. The number of carbonyl (C=O) groups excluding carboxylic acids is 1. The number of piperazine rings is 1. The Bertz CT molecular complexity index is 967. The first-order chi connectivity index (χ1) is 13.6. The fraction of sp³-hybridized carbons (Fsp3) is 0.364. The zero-order chi connectivity index (χ0) is 19.7. The minimum Gasteiger partial charge on any atom is -0.345 e. The van der Waals surface area contributed by atoms with Crippen molar-refractivity contribution in [1.29, 1.82) is 0 Å². The number of rotatable bonds is 4. The zero-order valence-corrected chi connectivity index (χ0v) is 18.2. The summed E-state index contributed by atoms with van der Waals surface area (Å²) in [4.78, 5) is 23.3. The van der Waals surface area contributed by atoms with Crippen molar-refractivity contribution in [3.05, 3.63) is 53.1 Å². The SMILES string of the molecule is CCSc1ccccc1C(=O)N1CCN(c2nc3c(C)ccc(C)c3s2)CC1. The Morgan fingerprint density at radius 3 is 2.50 bits per heavy atom. The van der Waals surface area contributed by atoms with Crippen molar-refractivity contribution < 1.29 is 4.79 Å². The highest BCUT2D eigenvalue weighted by Gasteiger charge is 2.25. The predicted molar refractivity (Wildman–Crippen MR) is 120 cm³/mol. The monoisotopic (exact) mass is 411 g/mol. The van der Waals surface area contributed by atoms with Crippen LogP contribution in [0.2, 0.25) is 0 Å². The van der Waals surface area contributed by atoms with E-state index in [-0.39, 0.29) is 5.91 Å². The molecular weight excluding hydrogens is 386 g/mol. The summed E-state index contributed by atoms with van der Waals surface area (Å²) in [5, 5.41) is 1.07. The molecular formula is C22H25N3OS2. The van der Waals surface area contributed by atoms with Crippen LogP contribution in [0.15, 0.2) is 41.3 Å². The predicted octanol–water partition coefficient (Wildman–Crippen LogP) is 4.99. The van der Waals surface area contributed by atoms with Crippen molar-refractivity contribution in [1.82, 2.24) is 9.88 Å². The lowest BCUT2D eigenvalue weighted by molar-refractivity contribution is 0.0743. The van der Waals surface area contributed by atoms with Crippen molar-refractivity contribution in [3.8, 4) is 0 Å². The third kappa shape index (κ3) is 3.63. The lowest BCUT2D eigenvalue weighted by Crippen LogP contribution is -2.48. The maximum absolute atomic E-state index is 13.0. The molecule has 28 heavy (non-hydrogen) atoms. The number of hydrogen-bond donors (Lipinski definition) is 0. The Kier molecular flexibility index (Phi) is 5.60. The van der Waals surface area contributed by atoms with Gasteiger partial charge in [-0.25, -0.2) is 4.98 Å². The Balaban J connectivity index is 1.49. The third-order valence-electron chi connectivity index (χ3n) is 5.19. The van der Waals surface area contributed by atoms with Crippen molar-refractivity contribution >= 4 is 44.4 Å². The molecule has 0 unspecified atom stereocenters. The van der Waals surface area contributed by atoms with Crippen LogP contribution in [0.5, 0.6) is 0 Å². The molecule has 2 heterocycles. The Morgan fingerprint density at radius 1 is 1.07 bits per heavy atom. The van der Waals surface area contributed by atoms with Gasteiger partial charge in [0, 0.05) is 31.1 Å². The lowest BCUT2D eigenvalue weighted by atomic mass is 10.1. The normalized spacial score (nSPS) is 14.7. The van der Waals surface area contributed by atoms with Gasteiger partial charge in [0.2, 0.25) is 0 Å². The second-order valence-electron chi connectivity index (χ2n) is 7.08. The summed E-state index contributed by atoms with van der Waals surface area (Å²) in [6.07, 6.45) is 0. The highest BCUT2D eigenvalue weighted by atomic mass is 32.2. The molecule has 146 valence electrons. The molecule has 0 saturated carbocycles. The van der Waals surface area contributed by atoms with Gasteiger partial charge in [0.1, 0.15) is 0 Å². The van der Waals surface area contributed by atoms with Gasteiger partial charge in [0.05, 0.1) is 15.8 Å². The molecule has 1 saturated heterocycles. The summed E-state index contributed by atoms with van der Waals surface area (Å²) >= 11 is 3.50. The molecule has 4 rings (SSSR count). The van der Waals surface area contributed by atoms with E-state index in [2.05, 4.69) is 37.8 Å². The number of thioether (sulfide) groups is 1. The highest BCUT2D eigenvalue weighted by Crippen LogP contribution is 2.33. The van der Waals surface area contributed by atoms with Crippen LogP contribution >= 0.6 is 23.1 Å². The second kappa shape index (κ2) is 8.13. The van der Waals surface area contributed by atoms with E-state index in [9.17, 15) is 4.79 Å². The molecule has 1 aliphatic rings. The van der Waals surface area contributed by atoms with E-state index in [1.807, 2.05) is 29.2 Å². The lowest BCUT2D eigenvalue weighted by Gasteiger charge is -2.34. The maximum atomic E-state index is 13.0. The van der Waals surface area contributed by atoms with Gasteiger partial charge in [-0.2, -0.15) is 0 Å². The molecule has 4 nitrogen and oxygen atoms in total. The summed E-state index contributed by atoms with van der Waals surface area (Å²) in [5.41, 5.74) is 4.45. The molecule has 0 N–H and O–H groups in total. The van der Waals surface area contributed by atoms with Crippen molar-refractivity contribution in [2.75, 3.05) is 36.8 Å². The first-order valence-electron chi connectivity index (χ1n) is 9.71. The van der Waals surface area contributed by atoms with Gasteiger partial charge in [-0.15, -0.1) is 11.8 Å². The first kappa shape index (κ1) is 19.3. The molecule has 1 amide bonds. The van der Waals surface area contributed by atoms with Crippen molar-refractivity contribution in [3.63, 3.8) is 0 Å². The van der Waals surface area contributed by atoms with Gasteiger partial charge in [-0.3, -0.25) is 4.79 Å². The third-order valence-corrected chi connectivity index (χ3v) is 7.39. The molecule has 6 heteroatoms. The van der Waals surface area contributed by atoms with Gasteiger partial charge < -0.3 is 9.80 Å². The number of thiazole rings is 1. The number of carbonyl (C=O) groups is 1. The summed E-state index contributed by atoms with van der Waals surface area (Å²) in [6.45, 7) is 9.50. The van der Waals surface area contributed by atoms with E-state index >= 15 is 0 Å². The van der Waals surface area contributed by atoms with Gasteiger partial charge in [0.15, 0.2) is 5.13 Å². The van der Waals surface area contributed by atoms with Crippen molar-refractivity contribution in [2.24, 2.45) is 0 Å². The van der Waals surface area contributed by atoms with Crippen LogP contribution in [0.4, 0.5) is 5.13 Å². The molecule has 0 spiro atoms. The standard InChI is InChI=1S/C22H25N3OS2/c1-4-27-18-8-6-5-7-17(18)21(26)24-11-13-25(14-12-24)22-23-19-15(2)9-10-16(3)20(19)28-22/h5-10H,4,11-14H2,1-3H3. The molecule has 0 bridgehead atoms. The minimum atomic E-state index is 0.146. The molecule has 0 atom stereocenters. The van der Waals surface area contributed by atoms with E-state index in [4.69, 9.17) is 4.98 Å². The Hall–Kier alpha value is -2.05. The number of aromatic nitrogens is 1. The van der Waals surface area contributed by atoms with E-state index in [0.717, 1.165) is 53.0 Å². The fourth-order valence-corrected chi connectivity index (χ4v) is 5.54. The number of anilines is 1. The number of amides is 1. The zero-order valence-electron chi connectivity index (χ0n) is 16.6. The number of aryl methyl sites for hydroxylation is 2. The average Bonchev–Trinajstić information content (AvgIpc) is 3.18. The average molecular weight is 412 g/mol. The number of fused-ring (bicyclic) bond motifs is 1. The molecule has 2 aromatic carbocycles. The van der Waals surface area contributed by atoms with E-state index in [1.165, 1.54) is 15.8 Å². The summed E-state index contributed by atoms with van der Waals surface area (Å²) < 4.78 is 1.28. The van der Waals surface area contributed by atoms with E-state index < -0.39 is 0 Å². The first-order valence-corrected chi connectivity index (χ1v) is 11.5. The van der Waals surface area contributed by atoms with Gasteiger partial charge in [-0.1, -0.05) is 42.5 Å². The molecule has 0 radical (unpaired) electrons. The van der Waals surface area contributed by atoms with Gasteiger partial charge in [-0.05, 0) is 42.9 Å². The topological polar surface area (TPSA) is 36.4 Å². The molecule has 3 aromatic rings. The van der Waals surface area contributed by atoms with Gasteiger partial charge >= 0.3 is 0 Å². The van der Waals surface area contributed by atoms with Crippen LogP contribution in [-0.2, 0) is 0 Å². The Labute approximate surface area is 174 Å². The van der Waals surface area contributed by atoms with Crippen molar-refractivity contribution in [2.45, 2.75) is 25.7 Å². The van der Waals surface area contributed by atoms with Gasteiger partial charge in [0.25, 0.3) is 5.91 Å². The molecule has 1 aliphatic heterocycles. The largest absolute Gasteiger partial charge is 0.345 e. The van der Waals surface area contributed by atoms with Crippen LogP contribution in [0, 0.1) is 13.8 Å². The van der Waals surface area contributed by atoms with Crippen LogP contribution in [0.1, 0.15) is 28.4 Å². The molecule has 1 aromatic heterocycles. The van der Waals surface area contributed by atoms with E-state index in [1.54, 1.807) is 23.1 Å². The van der Waals surface area contributed by atoms with E-state index in [0.29, 0.717) is 0 Å². The summed E-state index contributed by atoms with van der Waals surface area (Å²) in [6, 6.07) is 12.3. The number of nitrogens with zero attached hydrogens (tertiary/aromatic N) is 3. The number of hydrogen-bond acceptors (Lipinski definition) is 5. The summed E-state index contributed by atoms with van der Waals surface area (Å²) in [5.74, 6) is 1.11. The van der Waals surface area contributed by atoms with Crippen LogP contribution in [0.25, 0.3) is 10.2 Å². The summed E-state index contributed by atoms with van der Waals surface area (Å²) in [7, 11) is 0. The fourth-order valence-electron chi connectivity index (χ4n) is 3.58. The van der Waals surface area contributed by atoms with Crippen LogP contribution in [0.3, 0.4) is 0 Å². The van der Waals surface area contributed by atoms with Crippen LogP contribution < -0.4 is 4.90 Å².